The van der Waals surface area contributed by atoms with E-state index in [1.165, 1.54) is 12.1 Å². The predicted octanol–water partition coefficient (Wildman–Crippen LogP) is 3.04. The summed E-state index contributed by atoms with van der Waals surface area (Å²) in [6.45, 7) is 2.12. The monoisotopic (exact) mass is 348 g/mol. The summed E-state index contributed by atoms with van der Waals surface area (Å²) in [6.07, 6.45) is 1.82. The second-order valence-corrected chi connectivity index (χ2v) is 6.65. The van der Waals surface area contributed by atoms with Crippen molar-refractivity contribution in [2.75, 3.05) is 19.4 Å². The molecule has 0 fully saturated rings. The number of hydrogen-bond donors (Lipinski definition) is 1. The molecule has 0 aliphatic carbocycles. The minimum Gasteiger partial charge on any atom is -0.481 e. The normalized spacial score (nSPS) is 14.8. The molecule has 0 atom stereocenters. The summed E-state index contributed by atoms with van der Waals surface area (Å²) in [5, 5.41) is 9.05. The largest absolute Gasteiger partial charge is 0.481 e. The predicted molar refractivity (Wildman–Crippen MR) is 89.0 cm³/mol. The lowest BCUT2D eigenvalue weighted by atomic mass is 10.1. The minimum absolute atomic E-state index is 0.289. The number of thioether (sulfide) groups is 1. The van der Waals surface area contributed by atoms with E-state index < -0.39 is 11.8 Å². The van der Waals surface area contributed by atoms with Crippen LogP contribution in [0.3, 0.4) is 0 Å². The Hall–Kier alpha value is -2.12. The lowest BCUT2D eigenvalue weighted by molar-refractivity contribution is 0.0691. The summed E-state index contributed by atoms with van der Waals surface area (Å²) in [5.41, 5.74) is 1.62. The van der Waals surface area contributed by atoms with Gasteiger partial charge in [0, 0.05) is 42.5 Å². The van der Waals surface area contributed by atoms with Crippen molar-refractivity contribution < 1.29 is 19.0 Å². The van der Waals surface area contributed by atoms with Gasteiger partial charge in [-0.2, -0.15) is 0 Å². The molecule has 126 valence electrons. The Balaban J connectivity index is 1.80. The fourth-order valence-electron chi connectivity index (χ4n) is 2.66. The van der Waals surface area contributed by atoms with Crippen molar-refractivity contribution in [2.45, 2.75) is 18.0 Å². The molecule has 1 N–H and O–H groups in total. The molecule has 0 radical (unpaired) electrons. The zero-order valence-corrected chi connectivity index (χ0v) is 14.0. The molecule has 0 spiro atoms. The first kappa shape index (κ1) is 16.7. The summed E-state index contributed by atoms with van der Waals surface area (Å²) < 4.78 is 18.7. The number of fused-ring (bicyclic) bond motifs is 1. The maximum absolute atomic E-state index is 13.5. The van der Waals surface area contributed by atoms with Crippen LogP contribution in [0.4, 0.5) is 4.39 Å². The fraction of sp³-hybridized carbons (Fsp3) is 0.294. The van der Waals surface area contributed by atoms with Gasteiger partial charge in [-0.1, -0.05) is 6.07 Å². The number of carboxylic acids is 1. The number of rotatable bonds is 4. The van der Waals surface area contributed by atoms with Crippen molar-refractivity contribution in [2.24, 2.45) is 0 Å². The Kier molecular flexibility index (Phi) is 5.01. The summed E-state index contributed by atoms with van der Waals surface area (Å²) in [5.74, 6) is -0.472. The van der Waals surface area contributed by atoms with Crippen molar-refractivity contribution >= 4 is 17.7 Å². The van der Waals surface area contributed by atoms with E-state index in [1.807, 2.05) is 12.3 Å². The number of nitrogens with zero attached hydrogens (tertiary/aromatic N) is 2. The van der Waals surface area contributed by atoms with Crippen LogP contribution in [0.25, 0.3) is 0 Å². The average molecular weight is 348 g/mol. The van der Waals surface area contributed by atoms with Crippen LogP contribution in [-0.2, 0) is 13.1 Å². The number of carboxylic acid groups (broad SMARTS) is 1. The van der Waals surface area contributed by atoms with Crippen LogP contribution >= 0.6 is 11.8 Å². The summed E-state index contributed by atoms with van der Waals surface area (Å²) in [4.78, 5) is 18.6. The Morgan fingerprint density at radius 2 is 2.29 bits per heavy atom. The van der Waals surface area contributed by atoms with Gasteiger partial charge in [-0.25, -0.2) is 14.2 Å². The van der Waals surface area contributed by atoms with Gasteiger partial charge in [0.25, 0.3) is 0 Å². The van der Waals surface area contributed by atoms with E-state index in [-0.39, 0.29) is 5.56 Å². The molecular weight excluding hydrogens is 331 g/mol. The Labute approximate surface area is 143 Å². The van der Waals surface area contributed by atoms with Gasteiger partial charge in [0.1, 0.15) is 5.82 Å². The number of carbonyl (C=O) groups is 1. The SMILES string of the molecule is COc1cc2c(cn1)SCCN(Cc1ccc(F)c(C(=O)O)c1)C2. The van der Waals surface area contributed by atoms with Crippen LogP contribution in [0.2, 0.25) is 0 Å². The number of halogens is 1. The van der Waals surface area contributed by atoms with E-state index in [0.29, 0.717) is 19.0 Å². The topological polar surface area (TPSA) is 62.7 Å². The van der Waals surface area contributed by atoms with E-state index in [0.717, 1.165) is 28.3 Å². The molecule has 0 saturated carbocycles. The zero-order chi connectivity index (χ0) is 17.1. The van der Waals surface area contributed by atoms with Crippen LogP contribution in [0.1, 0.15) is 21.5 Å². The molecule has 24 heavy (non-hydrogen) atoms. The second kappa shape index (κ2) is 7.19. The van der Waals surface area contributed by atoms with Gasteiger partial charge in [-0.05, 0) is 23.3 Å². The fourth-order valence-corrected chi connectivity index (χ4v) is 3.67. The van der Waals surface area contributed by atoms with E-state index in [4.69, 9.17) is 9.84 Å². The summed E-state index contributed by atoms with van der Waals surface area (Å²) >= 11 is 1.74. The molecule has 0 amide bonds. The molecule has 1 aromatic carbocycles. The molecule has 0 bridgehead atoms. The van der Waals surface area contributed by atoms with Crippen LogP contribution < -0.4 is 4.74 Å². The molecule has 1 aromatic heterocycles. The highest BCUT2D eigenvalue weighted by molar-refractivity contribution is 7.99. The number of methoxy groups -OCH3 is 1. The van der Waals surface area contributed by atoms with Gasteiger partial charge >= 0.3 is 5.97 Å². The Morgan fingerprint density at radius 3 is 3.04 bits per heavy atom. The third-order valence-corrected chi connectivity index (χ3v) is 4.92. The van der Waals surface area contributed by atoms with Gasteiger partial charge in [0.15, 0.2) is 0 Å². The Bertz CT molecular complexity index is 769. The lowest BCUT2D eigenvalue weighted by Crippen LogP contribution is -2.24. The maximum atomic E-state index is 13.5. The van der Waals surface area contributed by atoms with Crippen LogP contribution in [-0.4, -0.2) is 40.4 Å². The smallest absolute Gasteiger partial charge is 0.338 e. The number of ether oxygens (including phenoxy) is 1. The third-order valence-electron chi connectivity index (χ3n) is 3.86. The molecule has 1 aliphatic rings. The lowest BCUT2D eigenvalue weighted by Gasteiger charge is -2.20. The van der Waals surface area contributed by atoms with Gasteiger partial charge < -0.3 is 9.84 Å². The molecule has 1 aliphatic heterocycles. The minimum atomic E-state index is -1.25. The highest BCUT2D eigenvalue weighted by Crippen LogP contribution is 2.29. The van der Waals surface area contributed by atoms with Crippen LogP contribution in [0, 0.1) is 5.82 Å². The van der Waals surface area contributed by atoms with E-state index in [2.05, 4.69) is 9.88 Å². The summed E-state index contributed by atoms with van der Waals surface area (Å²) in [6, 6.07) is 6.18. The highest BCUT2D eigenvalue weighted by Gasteiger charge is 2.18. The first-order valence-electron chi connectivity index (χ1n) is 7.46. The second-order valence-electron chi connectivity index (χ2n) is 5.51. The van der Waals surface area contributed by atoms with E-state index >= 15 is 0 Å². The molecule has 5 nitrogen and oxygen atoms in total. The maximum Gasteiger partial charge on any atom is 0.338 e. The highest BCUT2D eigenvalue weighted by atomic mass is 32.2. The quantitative estimate of drug-likeness (QED) is 0.916. The first-order valence-corrected chi connectivity index (χ1v) is 8.45. The third kappa shape index (κ3) is 3.68. The summed E-state index contributed by atoms with van der Waals surface area (Å²) in [7, 11) is 1.59. The first-order chi connectivity index (χ1) is 11.6. The number of pyridine rings is 1. The van der Waals surface area contributed by atoms with Crippen molar-refractivity contribution in [3.8, 4) is 5.88 Å². The average Bonchev–Trinajstić information content (AvgIpc) is 2.77. The Morgan fingerprint density at radius 1 is 1.46 bits per heavy atom. The van der Waals surface area contributed by atoms with Gasteiger partial charge in [0.2, 0.25) is 5.88 Å². The number of aromatic nitrogens is 1. The van der Waals surface area contributed by atoms with Gasteiger partial charge in [-0.15, -0.1) is 11.8 Å². The molecule has 0 unspecified atom stereocenters. The van der Waals surface area contributed by atoms with Crippen molar-refractivity contribution in [3.63, 3.8) is 0 Å². The molecular formula is C17H17FN2O3S. The van der Waals surface area contributed by atoms with Crippen LogP contribution in [0.15, 0.2) is 35.4 Å². The van der Waals surface area contributed by atoms with Crippen molar-refractivity contribution in [3.05, 3.63) is 53.0 Å². The molecule has 2 heterocycles. The zero-order valence-electron chi connectivity index (χ0n) is 13.2. The molecule has 0 saturated heterocycles. The van der Waals surface area contributed by atoms with Gasteiger partial charge in [0.05, 0.1) is 12.7 Å². The van der Waals surface area contributed by atoms with Crippen molar-refractivity contribution in [1.29, 1.82) is 0 Å². The van der Waals surface area contributed by atoms with Crippen LogP contribution in [0.5, 0.6) is 5.88 Å². The van der Waals surface area contributed by atoms with E-state index in [9.17, 15) is 9.18 Å². The standard InChI is InChI=1S/C17H17FN2O3S/c1-23-16-7-12-10-20(4-5-24-15(12)8-19-16)9-11-2-3-14(18)13(6-11)17(21)22/h2-3,6-8H,4-5,9-10H2,1H3,(H,21,22). The van der Waals surface area contributed by atoms with Crippen molar-refractivity contribution in [1.82, 2.24) is 9.88 Å². The number of aromatic carboxylic acids is 1. The number of benzene rings is 1. The van der Waals surface area contributed by atoms with E-state index in [1.54, 1.807) is 24.9 Å². The number of hydrogen-bond acceptors (Lipinski definition) is 5. The molecule has 2 aromatic rings. The van der Waals surface area contributed by atoms with Gasteiger partial charge in [-0.3, -0.25) is 4.90 Å². The molecule has 3 rings (SSSR count). The molecule has 7 heteroatoms.